The van der Waals surface area contributed by atoms with Crippen molar-refractivity contribution >= 4 is 37.0 Å². The first-order valence-electron chi connectivity index (χ1n) is 11.6. The van der Waals surface area contributed by atoms with E-state index in [1.165, 1.54) is 28.6 Å². The van der Waals surface area contributed by atoms with Crippen molar-refractivity contribution in [2.24, 2.45) is 0 Å². The van der Waals surface area contributed by atoms with E-state index in [2.05, 4.69) is 9.88 Å². The summed E-state index contributed by atoms with van der Waals surface area (Å²) in [5.74, 6) is -0.802. The Kier molecular flexibility index (Phi) is 8.14. The fraction of sp³-hybridized carbons (Fsp3) is 0.391. The quantitative estimate of drug-likeness (QED) is 0.353. The molecule has 0 bridgehead atoms. The Morgan fingerprint density at radius 2 is 1.76 bits per heavy atom. The molecule has 4 rings (SSSR count). The van der Waals surface area contributed by atoms with Crippen LogP contribution in [0.4, 0.5) is 0 Å². The first-order chi connectivity index (χ1) is 17.6. The van der Waals surface area contributed by atoms with E-state index in [9.17, 15) is 26.7 Å². The third-order valence-corrected chi connectivity index (χ3v) is 9.51. The predicted molar refractivity (Wildman–Crippen MR) is 134 cm³/mol. The third-order valence-electron chi connectivity index (χ3n) is 6.19. The van der Waals surface area contributed by atoms with Gasteiger partial charge in [0.1, 0.15) is 24.1 Å². The van der Waals surface area contributed by atoms with Gasteiger partial charge in [-0.2, -0.15) is 4.31 Å². The molecule has 14 heteroatoms. The lowest BCUT2D eigenvalue weighted by Crippen LogP contribution is -2.57. The maximum atomic E-state index is 12.8. The number of piperazine rings is 1. The lowest BCUT2D eigenvalue weighted by Gasteiger charge is -2.36. The number of nitrogens with zero attached hydrogens (tertiary/aromatic N) is 3. The molecule has 2 N–H and O–H groups in total. The van der Waals surface area contributed by atoms with Crippen molar-refractivity contribution in [3.63, 3.8) is 0 Å². The molecular formula is C23H28N4O8S2. The van der Waals surface area contributed by atoms with Gasteiger partial charge in [0, 0.05) is 38.1 Å². The normalized spacial score (nSPS) is 16.6. The second kappa shape index (κ2) is 11.1. The molecule has 0 amide bonds. The van der Waals surface area contributed by atoms with E-state index in [4.69, 9.17) is 9.26 Å². The zero-order valence-corrected chi connectivity index (χ0v) is 21.7. The van der Waals surface area contributed by atoms with Crippen molar-refractivity contribution in [1.82, 2.24) is 19.1 Å². The van der Waals surface area contributed by atoms with Gasteiger partial charge in [0.2, 0.25) is 20.0 Å². The number of carboxylic acids is 1. The van der Waals surface area contributed by atoms with Gasteiger partial charge in [0.25, 0.3) is 0 Å². The Hall–Kier alpha value is -3.04. The van der Waals surface area contributed by atoms with Gasteiger partial charge in [-0.05, 0) is 43.3 Å². The number of nitrogens with one attached hydrogen (secondary N) is 1. The predicted octanol–water partition coefficient (Wildman–Crippen LogP) is 1.11. The van der Waals surface area contributed by atoms with Crippen LogP contribution in [0.1, 0.15) is 12.6 Å². The highest BCUT2D eigenvalue weighted by Crippen LogP contribution is 2.21. The van der Waals surface area contributed by atoms with Gasteiger partial charge in [-0.3, -0.25) is 9.69 Å². The molecule has 0 unspecified atom stereocenters. The monoisotopic (exact) mass is 552 g/mol. The van der Waals surface area contributed by atoms with E-state index < -0.39 is 32.1 Å². The van der Waals surface area contributed by atoms with E-state index in [0.717, 1.165) is 5.39 Å². The van der Waals surface area contributed by atoms with Gasteiger partial charge >= 0.3 is 5.97 Å². The fourth-order valence-corrected chi connectivity index (χ4v) is 6.15. The second-order valence-corrected chi connectivity index (χ2v) is 12.5. The molecule has 1 aliphatic rings. The molecule has 1 aromatic heterocycles. The second-order valence-electron chi connectivity index (χ2n) is 8.43. The number of sulfonamides is 2. The Morgan fingerprint density at radius 3 is 2.41 bits per heavy atom. The molecule has 1 saturated heterocycles. The van der Waals surface area contributed by atoms with Crippen LogP contribution in [0, 0.1) is 0 Å². The SMILES string of the molecule is CCS(=O)(=O)N1CCN([C@@H](CNS(=O)(=O)c2ccc(OCc3noc4ccccc34)cc2)C(=O)O)CC1. The number of hydrogen-bond acceptors (Lipinski definition) is 9. The molecule has 37 heavy (non-hydrogen) atoms. The van der Waals surface area contributed by atoms with Crippen LogP contribution in [0.5, 0.6) is 5.75 Å². The minimum Gasteiger partial charge on any atom is -0.487 e. The van der Waals surface area contributed by atoms with E-state index in [1.807, 2.05) is 18.2 Å². The van der Waals surface area contributed by atoms with E-state index in [-0.39, 0.29) is 50.0 Å². The lowest BCUT2D eigenvalue weighted by molar-refractivity contribution is -0.143. The summed E-state index contributed by atoms with van der Waals surface area (Å²) in [6, 6.07) is 11.9. The van der Waals surface area contributed by atoms with Crippen molar-refractivity contribution in [3.8, 4) is 5.75 Å². The first kappa shape index (κ1) is 27.0. The van der Waals surface area contributed by atoms with Crippen molar-refractivity contribution in [2.75, 3.05) is 38.5 Å². The summed E-state index contributed by atoms with van der Waals surface area (Å²) in [5, 5.41) is 14.5. The van der Waals surface area contributed by atoms with Crippen molar-refractivity contribution in [3.05, 3.63) is 54.2 Å². The molecule has 200 valence electrons. The minimum absolute atomic E-state index is 0.0316. The summed E-state index contributed by atoms with van der Waals surface area (Å²) in [6.45, 7) is 1.99. The van der Waals surface area contributed by atoms with Crippen LogP contribution in [0.3, 0.4) is 0 Å². The summed E-state index contributed by atoms with van der Waals surface area (Å²) < 4.78 is 64.3. The van der Waals surface area contributed by atoms with Crippen LogP contribution >= 0.6 is 0 Å². The molecule has 1 atom stereocenters. The average molecular weight is 553 g/mol. The van der Waals surface area contributed by atoms with Crippen LogP contribution in [0.15, 0.2) is 57.9 Å². The van der Waals surface area contributed by atoms with Crippen LogP contribution in [0.25, 0.3) is 11.0 Å². The third kappa shape index (κ3) is 6.27. The number of carboxylic acid groups (broad SMARTS) is 1. The molecule has 3 aromatic rings. The Labute approximate surface area is 214 Å². The van der Waals surface area contributed by atoms with Gasteiger partial charge < -0.3 is 14.4 Å². The van der Waals surface area contributed by atoms with Crippen LogP contribution in [-0.4, -0.2) is 86.8 Å². The largest absolute Gasteiger partial charge is 0.487 e. The fourth-order valence-electron chi connectivity index (χ4n) is 4.03. The number of ether oxygens (including phenoxy) is 1. The molecule has 1 fully saturated rings. The summed E-state index contributed by atoms with van der Waals surface area (Å²) in [4.78, 5) is 13.4. The van der Waals surface area contributed by atoms with Crippen LogP contribution in [-0.2, 0) is 31.4 Å². The summed E-state index contributed by atoms with van der Waals surface area (Å²) in [7, 11) is -7.36. The number of carbonyl (C=O) groups is 1. The zero-order valence-electron chi connectivity index (χ0n) is 20.1. The standard InChI is InChI=1S/C23H28N4O8S2/c1-2-36(30,31)27-13-11-26(12-14-27)21(23(28)29)15-24-37(32,33)18-9-7-17(8-10-18)34-16-20-19-5-3-4-6-22(19)35-25-20/h3-10,21,24H,2,11-16H2,1H3,(H,28,29)/t21-/m0/s1. The lowest BCUT2D eigenvalue weighted by atomic mass is 10.2. The van der Waals surface area contributed by atoms with E-state index in [0.29, 0.717) is 17.0 Å². The molecular weight excluding hydrogens is 524 g/mol. The zero-order chi connectivity index (χ0) is 26.6. The van der Waals surface area contributed by atoms with Gasteiger partial charge in [-0.25, -0.2) is 21.6 Å². The van der Waals surface area contributed by atoms with Gasteiger partial charge in [0.15, 0.2) is 5.58 Å². The maximum Gasteiger partial charge on any atom is 0.322 e. The molecule has 2 heterocycles. The highest BCUT2D eigenvalue weighted by molar-refractivity contribution is 7.89. The van der Waals surface area contributed by atoms with E-state index >= 15 is 0 Å². The Bertz CT molecular complexity index is 1450. The Balaban J connectivity index is 1.34. The number of aliphatic carboxylic acids is 1. The van der Waals surface area contributed by atoms with Crippen LogP contribution < -0.4 is 9.46 Å². The van der Waals surface area contributed by atoms with Crippen molar-refractivity contribution in [1.29, 1.82) is 0 Å². The minimum atomic E-state index is -4.00. The number of aromatic nitrogens is 1. The van der Waals surface area contributed by atoms with Gasteiger partial charge in [-0.15, -0.1) is 0 Å². The summed E-state index contributed by atoms with van der Waals surface area (Å²) in [5.41, 5.74) is 1.25. The number of rotatable bonds is 11. The number of fused-ring (bicyclic) bond motifs is 1. The number of benzene rings is 2. The molecule has 2 aromatic carbocycles. The van der Waals surface area contributed by atoms with E-state index in [1.54, 1.807) is 17.9 Å². The van der Waals surface area contributed by atoms with Crippen molar-refractivity contribution in [2.45, 2.75) is 24.5 Å². The highest BCUT2D eigenvalue weighted by atomic mass is 32.2. The maximum absolute atomic E-state index is 12.8. The topological polar surface area (TPSA) is 159 Å². The van der Waals surface area contributed by atoms with Crippen molar-refractivity contribution < 1.29 is 36.0 Å². The van der Waals surface area contributed by atoms with Gasteiger partial charge in [-0.1, -0.05) is 17.3 Å². The smallest absolute Gasteiger partial charge is 0.322 e. The molecule has 12 nitrogen and oxygen atoms in total. The molecule has 0 aliphatic carbocycles. The number of para-hydroxylation sites is 1. The first-order valence-corrected chi connectivity index (χ1v) is 14.7. The highest BCUT2D eigenvalue weighted by Gasteiger charge is 2.33. The Morgan fingerprint density at radius 1 is 1.08 bits per heavy atom. The summed E-state index contributed by atoms with van der Waals surface area (Å²) in [6.07, 6.45) is 0. The molecule has 0 saturated carbocycles. The molecule has 1 aliphatic heterocycles. The molecule has 0 radical (unpaired) electrons. The number of hydrogen-bond donors (Lipinski definition) is 2. The summed E-state index contributed by atoms with van der Waals surface area (Å²) >= 11 is 0. The van der Waals surface area contributed by atoms with Gasteiger partial charge in [0.05, 0.1) is 10.6 Å². The van der Waals surface area contributed by atoms with Crippen LogP contribution in [0.2, 0.25) is 0 Å². The average Bonchev–Trinajstić information content (AvgIpc) is 3.31. The molecule has 0 spiro atoms.